The van der Waals surface area contributed by atoms with Crippen molar-refractivity contribution in [2.45, 2.75) is 45.7 Å². The number of fused-ring (bicyclic) bond motifs is 1. The third kappa shape index (κ3) is 5.57. The first-order valence-corrected chi connectivity index (χ1v) is 13.3. The molecule has 2 aromatic carbocycles. The Morgan fingerprint density at radius 1 is 1.17 bits per heavy atom. The lowest BCUT2D eigenvalue weighted by atomic mass is 10.00. The summed E-state index contributed by atoms with van der Waals surface area (Å²) < 4.78 is 11.5. The molecule has 2 heterocycles. The Kier molecular flexibility index (Phi) is 8.31. The van der Waals surface area contributed by atoms with Gasteiger partial charge in [-0.3, -0.25) is 9.59 Å². The fraction of sp³-hybridized carbons (Fsp3) is 0.379. The molecule has 2 amide bonds. The van der Waals surface area contributed by atoms with Gasteiger partial charge in [-0.05, 0) is 73.5 Å². The Morgan fingerprint density at radius 3 is 2.72 bits per heavy atom. The van der Waals surface area contributed by atoms with Crippen LogP contribution >= 0.6 is 11.3 Å². The molecule has 0 bridgehead atoms. The minimum Gasteiger partial charge on any atom is -0.497 e. The number of amides is 2. The minimum atomic E-state index is -0.196. The molecule has 7 heteroatoms. The monoisotopic (exact) mass is 506 g/mol. The molecule has 0 saturated carbocycles. The molecule has 1 aliphatic rings. The fourth-order valence-corrected chi connectivity index (χ4v) is 5.50. The van der Waals surface area contributed by atoms with Gasteiger partial charge >= 0.3 is 0 Å². The summed E-state index contributed by atoms with van der Waals surface area (Å²) in [5.41, 5.74) is 2.71. The average molecular weight is 507 g/mol. The molecule has 6 nitrogen and oxygen atoms in total. The Morgan fingerprint density at radius 2 is 1.97 bits per heavy atom. The van der Waals surface area contributed by atoms with Crippen LogP contribution in [0.5, 0.6) is 11.5 Å². The number of rotatable bonds is 9. The van der Waals surface area contributed by atoms with Crippen LogP contribution in [0.25, 0.3) is 0 Å². The van der Waals surface area contributed by atoms with E-state index in [1.54, 1.807) is 47.6 Å². The zero-order chi connectivity index (χ0) is 25.7. The fourth-order valence-electron chi connectivity index (χ4n) is 4.57. The van der Waals surface area contributed by atoms with E-state index in [-0.39, 0.29) is 30.4 Å². The van der Waals surface area contributed by atoms with Crippen molar-refractivity contribution in [2.24, 2.45) is 0 Å². The number of thiophene rings is 1. The van der Waals surface area contributed by atoms with Gasteiger partial charge in [0, 0.05) is 23.0 Å². The Labute approximate surface area is 217 Å². The van der Waals surface area contributed by atoms with Gasteiger partial charge in [0.15, 0.2) is 0 Å². The van der Waals surface area contributed by atoms with Crippen LogP contribution in [0.4, 0.5) is 0 Å². The molecule has 4 rings (SSSR count). The van der Waals surface area contributed by atoms with Crippen LogP contribution in [0, 0.1) is 6.92 Å². The molecule has 0 radical (unpaired) electrons. The van der Waals surface area contributed by atoms with Crippen molar-refractivity contribution in [1.29, 1.82) is 0 Å². The van der Waals surface area contributed by atoms with Gasteiger partial charge in [-0.25, -0.2) is 0 Å². The van der Waals surface area contributed by atoms with Crippen molar-refractivity contribution in [3.63, 3.8) is 0 Å². The average Bonchev–Trinajstić information content (AvgIpc) is 3.39. The quantitative estimate of drug-likeness (QED) is 0.384. The molecule has 0 unspecified atom stereocenters. The second-order valence-corrected chi connectivity index (χ2v) is 10.2. The lowest BCUT2D eigenvalue weighted by Gasteiger charge is -2.38. The van der Waals surface area contributed by atoms with Crippen LogP contribution in [0.1, 0.15) is 52.7 Å². The van der Waals surface area contributed by atoms with Gasteiger partial charge in [0.1, 0.15) is 24.7 Å². The summed E-state index contributed by atoms with van der Waals surface area (Å²) in [6, 6.07) is 16.8. The Bertz CT molecular complexity index is 1210. The van der Waals surface area contributed by atoms with Crippen molar-refractivity contribution in [3.05, 3.63) is 81.5 Å². The predicted octanol–water partition coefficient (Wildman–Crippen LogP) is 5.51. The number of aryl methyl sites for hydroxylation is 1. The molecule has 3 aromatic rings. The SMILES string of the molecule is CC[C@@H](C)N(CC(=O)N1CCc2sccc2[C@H]1COc1ccccc1C)C(=O)c1cccc(OC)c1. The van der Waals surface area contributed by atoms with Crippen LogP contribution in [0.15, 0.2) is 60.0 Å². The zero-order valence-electron chi connectivity index (χ0n) is 21.4. The van der Waals surface area contributed by atoms with Gasteiger partial charge in [-0.1, -0.05) is 31.2 Å². The molecule has 0 aliphatic carbocycles. The highest BCUT2D eigenvalue weighted by molar-refractivity contribution is 7.10. The molecule has 190 valence electrons. The maximum atomic E-state index is 13.8. The van der Waals surface area contributed by atoms with Gasteiger partial charge in [0.05, 0.1) is 13.2 Å². The number of hydrogen-bond donors (Lipinski definition) is 0. The summed E-state index contributed by atoms with van der Waals surface area (Å²) in [5, 5.41) is 2.08. The first kappa shape index (κ1) is 25.8. The first-order valence-electron chi connectivity index (χ1n) is 12.4. The van der Waals surface area contributed by atoms with E-state index in [9.17, 15) is 9.59 Å². The summed E-state index contributed by atoms with van der Waals surface area (Å²) in [6.07, 6.45) is 1.56. The standard InChI is InChI=1S/C29H34N2O4S/c1-5-21(3)31(29(33)22-10-8-11-23(17-22)34-4)18-28(32)30-15-13-27-24(14-16-36-27)25(30)19-35-26-12-7-6-9-20(26)2/h6-12,14,16-17,21,25H,5,13,15,18-19H2,1-4H3/t21-,25-/m1/s1. The second-order valence-electron chi connectivity index (χ2n) is 9.15. The molecule has 0 fully saturated rings. The summed E-state index contributed by atoms with van der Waals surface area (Å²) in [5.74, 6) is 1.20. The minimum absolute atomic E-state index is 0.0192. The molecular weight excluding hydrogens is 472 g/mol. The first-order chi connectivity index (χ1) is 17.4. The summed E-state index contributed by atoms with van der Waals surface area (Å²) in [4.78, 5) is 32.1. The topological polar surface area (TPSA) is 59.1 Å². The van der Waals surface area contributed by atoms with Crippen molar-refractivity contribution >= 4 is 23.2 Å². The van der Waals surface area contributed by atoms with E-state index in [0.717, 1.165) is 29.7 Å². The van der Waals surface area contributed by atoms with Crippen molar-refractivity contribution in [3.8, 4) is 11.5 Å². The highest BCUT2D eigenvalue weighted by Crippen LogP contribution is 2.34. The van der Waals surface area contributed by atoms with E-state index in [1.165, 1.54) is 4.88 Å². The van der Waals surface area contributed by atoms with Crippen LogP contribution in [0.2, 0.25) is 0 Å². The summed E-state index contributed by atoms with van der Waals surface area (Å²) in [7, 11) is 1.58. The van der Waals surface area contributed by atoms with E-state index >= 15 is 0 Å². The predicted molar refractivity (Wildman–Crippen MR) is 143 cm³/mol. The molecule has 0 saturated heterocycles. The van der Waals surface area contributed by atoms with Crippen molar-refractivity contribution in [1.82, 2.24) is 9.80 Å². The van der Waals surface area contributed by atoms with Gasteiger partial charge in [-0.15, -0.1) is 11.3 Å². The molecule has 1 aliphatic heterocycles. The lowest BCUT2D eigenvalue weighted by Crippen LogP contribution is -2.49. The number of methoxy groups -OCH3 is 1. The number of para-hydroxylation sites is 1. The number of carbonyl (C=O) groups excluding carboxylic acids is 2. The van der Waals surface area contributed by atoms with Crippen molar-refractivity contribution < 1.29 is 19.1 Å². The molecule has 36 heavy (non-hydrogen) atoms. The number of nitrogens with zero attached hydrogens (tertiary/aromatic N) is 2. The van der Waals surface area contributed by atoms with Gasteiger partial charge < -0.3 is 19.3 Å². The number of carbonyl (C=O) groups is 2. The smallest absolute Gasteiger partial charge is 0.254 e. The number of ether oxygens (including phenoxy) is 2. The highest BCUT2D eigenvalue weighted by atomic mass is 32.1. The van der Waals surface area contributed by atoms with E-state index in [2.05, 4.69) is 11.4 Å². The molecule has 0 N–H and O–H groups in total. The Hall–Kier alpha value is -3.32. The molecular formula is C29H34N2O4S. The van der Waals surface area contributed by atoms with Gasteiger partial charge in [0.2, 0.25) is 5.91 Å². The normalized spacial score (nSPS) is 15.7. The highest BCUT2D eigenvalue weighted by Gasteiger charge is 2.34. The summed E-state index contributed by atoms with van der Waals surface area (Å²) >= 11 is 1.73. The zero-order valence-corrected chi connectivity index (χ0v) is 22.2. The van der Waals surface area contributed by atoms with Crippen LogP contribution < -0.4 is 9.47 Å². The van der Waals surface area contributed by atoms with E-state index < -0.39 is 0 Å². The van der Waals surface area contributed by atoms with Crippen molar-refractivity contribution in [2.75, 3.05) is 26.8 Å². The maximum absolute atomic E-state index is 13.8. The summed E-state index contributed by atoms with van der Waals surface area (Å²) in [6.45, 7) is 7.02. The maximum Gasteiger partial charge on any atom is 0.254 e. The van der Waals surface area contributed by atoms with E-state index in [0.29, 0.717) is 24.5 Å². The van der Waals surface area contributed by atoms with Crippen LogP contribution in [0.3, 0.4) is 0 Å². The van der Waals surface area contributed by atoms with E-state index in [4.69, 9.17) is 9.47 Å². The van der Waals surface area contributed by atoms with Gasteiger partial charge in [-0.2, -0.15) is 0 Å². The Balaban J connectivity index is 1.56. The molecule has 2 atom stereocenters. The largest absolute Gasteiger partial charge is 0.497 e. The number of benzene rings is 2. The van der Waals surface area contributed by atoms with E-state index in [1.807, 2.05) is 49.9 Å². The third-order valence-electron chi connectivity index (χ3n) is 6.91. The lowest BCUT2D eigenvalue weighted by molar-refractivity contribution is -0.136. The second kappa shape index (κ2) is 11.6. The van der Waals surface area contributed by atoms with Gasteiger partial charge in [0.25, 0.3) is 5.91 Å². The molecule has 0 spiro atoms. The van der Waals surface area contributed by atoms with Crippen LogP contribution in [-0.4, -0.2) is 54.5 Å². The number of hydrogen-bond acceptors (Lipinski definition) is 5. The third-order valence-corrected chi connectivity index (χ3v) is 7.91. The molecule has 1 aromatic heterocycles. The van der Waals surface area contributed by atoms with Crippen LogP contribution in [-0.2, 0) is 11.2 Å².